The van der Waals surface area contributed by atoms with Gasteiger partial charge < -0.3 is 5.32 Å². The first-order valence-electron chi connectivity index (χ1n) is 11.5. The number of hydrogen-bond acceptors (Lipinski definition) is 6. The Morgan fingerprint density at radius 3 is 2.60 bits per heavy atom. The standard InChI is InChI=1S/C25H26N6O3S/c1-4-35(33,34)30-20-11-10-18(13-15(20)2)27-25(32)19-14-21(17-8-9-17)28-24-23(19)16(3)29-31(24)22-7-5-6-12-26-22/h5-7,10-14,17,30H,4,8-9H2,1-3H3,(H,27,32). The van der Waals surface area contributed by atoms with E-state index in [1.165, 1.54) is 0 Å². The largest absolute Gasteiger partial charge is 0.322 e. The van der Waals surface area contributed by atoms with E-state index in [1.807, 2.05) is 31.2 Å². The first-order valence-corrected chi connectivity index (χ1v) is 13.1. The van der Waals surface area contributed by atoms with Gasteiger partial charge in [-0.2, -0.15) is 9.78 Å². The highest BCUT2D eigenvalue weighted by molar-refractivity contribution is 7.92. The van der Waals surface area contributed by atoms with Gasteiger partial charge in [-0.3, -0.25) is 9.52 Å². The Balaban J connectivity index is 1.53. The molecule has 1 fully saturated rings. The molecule has 180 valence electrons. The van der Waals surface area contributed by atoms with E-state index in [9.17, 15) is 13.2 Å². The lowest BCUT2D eigenvalue weighted by molar-refractivity contribution is 0.102. The van der Waals surface area contributed by atoms with Crippen LogP contribution in [0.5, 0.6) is 0 Å². The first-order chi connectivity index (χ1) is 16.8. The van der Waals surface area contributed by atoms with Gasteiger partial charge in [0, 0.05) is 23.5 Å². The number of aromatic nitrogens is 4. The summed E-state index contributed by atoms with van der Waals surface area (Å²) in [5, 5.41) is 8.29. The molecule has 2 N–H and O–H groups in total. The van der Waals surface area contributed by atoms with Crippen LogP contribution in [-0.2, 0) is 10.0 Å². The van der Waals surface area contributed by atoms with E-state index >= 15 is 0 Å². The number of anilines is 2. The maximum absolute atomic E-state index is 13.5. The van der Waals surface area contributed by atoms with Crippen molar-refractivity contribution in [1.82, 2.24) is 19.7 Å². The Kier molecular flexibility index (Phi) is 5.76. The lowest BCUT2D eigenvalue weighted by Crippen LogP contribution is -2.16. The van der Waals surface area contributed by atoms with Crippen molar-refractivity contribution in [3.8, 4) is 5.82 Å². The Morgan fingerprint density at radius 1 is 1.14 bits per heavy atom. The lowest BCUT2D eigenvalue weighted by atomic mass is 10.1. The van der Waals surface area contributed by atoms with Crippen molar-refractivity contribution in [3.05, 3.63) is 71.2 Å². The number of carbonyl (C=O) groups is 1. The highest BCUT2D eigenvalue weighted by Gasteiger charge is 2.29. The summed E-state index contributed by atoms with van der Waals surface area (Å²) in [5.41, 5.74) is 4.43. The van der Waals surface area contributed by atoms with Crippen LogP contribution < -0.4 is 10.0 Å². The molecule has 0 radical (unpaired) electrons. The highest BCUT2D eigenvalue weighted by atomic mass is 32.2. The summed E-state index contributed by atoms with van der Waals surface area (Å²) in [7, 11) is -3.39. The predicted molar refractivity (Wildman–Crippen MR) is 136 cm³/mol. The van der Waals surface area contributed by atoms with E-state index in [0.29, 0.717) is 51.0 Å². The number of aryl methyl sites for hydroxylation is 2. The Bertz CT molecular complexity index is 1540. The van der Waals surface area contributed by atoms with Crippen molar-refractivity contribution in [3.63, 3.8) is 0 Å². The number of benzene rings is 1. The second kappa shape index (κ2) is 8.77. The van der Waals surface area contributed by atoms with Gasteiger partial charge in [-0.25, -0.2) is 18.4 Å². The minimum Gasteiger partial charge on any atom is -0.322 e. The maximum Gasteiger partial charge on any atom is 0.256 e. The zero-order valence-electron chi connectivity index (χ0n) is 19.7. The van der Waals surface area contributed by atoms with E-state index < -0.39 is 10.0 Å². The van der Waals surface area contributed by atoms with Crippen molar-refractivity contribution in [2.75, 3.05) is 15.8 Å². The van der Waals surface area contributed by atoms with E-state index in [4.69, 9.17) is 4.98 Å². The second-order valence-corrected chi connectivity index (χ2v) is 10.8. The Hall–Kier alpha value is -3.79. The molecule has 35 heavy (non-hydrogen) atoms. The smallest absolute Gasteiger partial charge is 0.256 e. The average molecular weight is 491 g/mol. The molecular formula is C25H26N6O3S. The normalized spacial score (nSPS) is 13.7. The van der Waals surface area contributed by atoms with Gasteiger partial charge in [0.1, 0.15) is 0 Å². The molecular weight excluding hydrogens is 464 g/mol. The first kappa shape index (κ1) is 23.0. The fraction of sp³-hybridized carbons (Fsp3) is 0.280. The summed E-state index contributed by atoms with van der Waals surface area (Å²) in [6.45, 7) is 5.23. The van der Waals surface area contributed by atoms with Gasteiger partial charge in [0.2, 0.25) is 10.0 Å². The summed E-state index contributed by atoms with van der Waals surface area (Å²) in [5.74, 6) is 0.687. The number of rotatable bonds is 7. The van der Waals surface area contributed by atoms with Crippen LogP contribution in [0.4, 0.5) is 11.4 Å². The third kappa shape index (κ3) is 4.61. The van der Waals surface area contributed by atoms with Crippen molar-refractivity contribution in [1.29, 1.82) is 0 Å². The van der Waals surface area contributed by atoms with Crippen LogP contribution in [0.2, 0.25) is 0 Å². The number of fused-ring (bicyclic) bond motifs is 1. The van der Waals surface area contributed by atoms with Crippen LogP contribution in [0.15, 0.2) is 48.7 Å². The van der Waals surface area contributed by atoms with Gasteiger partial charge >= 0.3 is 0 Å². The van der Waals surface area contributed by atoms with Gasteiger partial charge in [-0.15, -0.1) is 0 Å². The molecule has 0 unspecified atom stereocenters. The van der Waals surface area contributed by atoms with E-state index in [0.717, 1.165) is 18.5 Å². The monoisotopic (exact) mass is 490 g/mol. The zero-order chi connectivity index (χ0) is 24.7. The van der Waals surface area contributed by atoms with Gasteiger partial charge in [0.15, 0.2) is 11.5 Å². The summed E-state index contributed by atoms with van der Waals surface area (Å²) < 4.78 is 28.1. The fourth-order valence-electron chi connectivity index (χ4n) is 4.01. The minimum absolute atomic E-state index is 0.0160. The van der Waals surface area contributed by atoms with Gasteiger partial charge in [-0.1, -0.05) is 6.07 Å². The fourth-order valence-corrected chi connectivity index (χ4v) is 4.72. The molecule has 3 heterocycles. The van der Waals surface area contributed by atoms with Crippen LogP contribution in [0, 0.1) is 13.8 Å². The van der Waals surface area contributed by atoms with E-state index in [-0.39, 0.29) is 11.7 Å². The van der Waals surface area contributed by atoms with Crippen LogP contribution in [0.3, 0.4) is 0 Å². The molecule has 0 aliphatic heterocycles. The molecule has 3 aromatic heterocycles. The number of sulfonamides is 1. The van der Waals surface area contributed by atoms with Crippen molar-refractivity contribution in [2.45, 2.75) is 39.5 Å². The van der Waals surface area contributed by atoms with Crippen LogP contribution in [-0.4, -0.2) is 39.8 Å². The molecule has 5 rings (SSSR count). The molecule has 1 amide bonds. The van der Waals surface area contributed by atoms with Gasteiger partial charge in [0.05, 0.1) is 28.1 Å². The summed E-state index contributed by atoms with van der Waals surface area (Å²) in [6, 6.07) is 12.5. The average Bonchev–Trinajstić information content (AvgIpc) is 3.64. The number of pyridine rings is 2. The summed E-state index contributed by atoms with van der Waals surface area (Å²) >= 11 is 0. The quantitative estimate of drug-likeness (QED) is 0.398. The summed E-state index contributed by atoms with van der Waals surface area (Å²) in [4.78, 5) is 22.8. The Morgan fingerprint density at radius 2 is 1.94 bits per heavy atom. The van der Waals surface area contributed by atoms with Crippen molar-refractivity contribution in [2.24, 2.45) is 0 Å². The molecule has 0 bridgehead atoms. The molecule has 0 atom stereocenters. The third-order valence-electron chi connectivity index (χ3n) is 6.07. The minimum atomic E-state index is -3.39. The molecule has 1 aliphatic carbocycles. The molecule has 1 aliphatic rings. The molecule has 10 heteroatoms. The van der Waals surface area contributed by atoms with E-state index in [2.05, 4.69) is 20.1 Å². The van der Waals surface area contributed by atoms with Crippen LogP contribution >= 0.6 is 0 Å². The maximum atomic E-state index is 13.5. The molecule has 0 spiro atoms. The topological polar surface area (TPSA) is 119 Å². The van der Waals surface area contributed by atoms with Crippen LogP contribution in [0.25, 0.3) is 16.9 Å². The number of amides is 1. The number of nitrogens with one attached hydrogen (secondary N) is 2. The van der Waals surface area contributed by atoms with Crippen molar-refractivity contribution < 1.29 is 13.2 Å². The molecule has 4 aromatic rings. The third-order valence-corrected chi connectivity index (χ3v) is 7.36. The number of carbonyl (C=O) groups excluding carboxylic acids is 1. The highest BCUT2D eigenvalue weighted by Crippen LogP contribution is 2.40. The number of nitrogens with zero attached hydrogens (tertiary/aromatic N) is 4. The summed E-state index contributed by atoms with van der Waals surface area (Å²) in [6.07, 6.45) is 3.79. The molecule has 9 nitrogen and oxygen atoms in total. The Labute approximate surface area is 203 Å². The van der Waals surface area contributed by atoms with E-state index in [1.54, 1.807) is 42.9 Å². The van der Waals surface area contributed by atoms with Gasteiger partial charge in [0.25, 0.3) is 5.91 Å². The predicted octanol–water partition coefficient (Wildman–Crippen LogP) is 4.32. The zero-order valence-corrected chi connectivity index (χ0v) is 20.6. The lowest BCUT2D eigenvalue weighted by Gasteiger charge is -2.13. The molecule has 1 saturated carbocycles. The van der Waals surface area contributed by atoms with Gasteiger partial charge in [-0.05, 0) is 75.6 Å². The molecule has 0 saturated heterocycles. The SMILES string of the molecule is CCS(=O)(=O)Nc1ccc(NC(=O)c2cc(C3CC3)nc3c2c(C)nn3-c2ccccn2)cc1C. The second-order valence-electron chi connectivity index (χ2n) is 8.74. The molecule has 1 aromatic carbocycles. The number of hydrogen-bond donors (Lipinski definition) is 2. The van der Waals surface area contributed by atoms with Crippen LogP contribution in [0.1, 0.15) is 53.0 Å². The van der Waals surface area contributed by atoms with Crippen molar-refractivity contribution >= 4 is 38.3 Å².